The van der Waals surface area contributed by atoms with E-state index >= 15 is 0 Å². The summed E-state index contributed by atoms with van der Waals surface area (Å²) in [6, 6.07) is 4.94. The molecule has 154 valence electrons. The van der Waals surface area contributed by atoms with Crippen LogP contribution in [0, 0.1) is 5.92 Å². The van der Waals surface area contributed by atoms with Gasteiger partial charge in [0.1, 0.15) is 5.82 Å². The molecule has 3 amide bonds. The smallest absolute Gasteiger partial charge is 0.313 e. The molecule has 1 saturated heterocycles. The van der Waals surface area contributed by atoms with Crippen LogP contribution in [0.5, 0.6) is 0 Å². The molecule has 2 aromatic rings. The number of carbonyl (C=O) groups excluding carboxylic acids is 3. The predicted octanol–water partition coefficient (Wildman–Crippen LogP) is 2.32. The number of nitrogen functional groups attached to an aromatic ring is 1. The molecular formula is C20H25N5O3S. The number of hydrogen-bond acceptors (Lipinski definition) is 6. The SMILES string of the molecule is CCc1cc(NC(=O)C(=O)N2C[C@@H](C)CC[C@@H]2c2ccc(C(N)=O)s2)cnc1N. The number of nitrogens with one attached hydrogen (secondary N) is 1. The molecule has 3 rings (SSSR count). The molecule has 5 N–H and O–H groups in total. The number of likely N-dealkylation sites (tertiary alicyclic amines) is 1. The third-order valence-corrected chi connectivity index (χ3v) is 6.31. The highest BCUT2D eigenvalue weighted by Crippen LogP contribution is 2.36. The molecule has 2 aromatic heterocycles. The summed E-state index contributed by atoms with van der Waals surface area (Å²) in [6.07, 6.45) is 3.76. The van der Waals surface area contributed by atoms with Crippen LogP contribution in [-0.4, -0.2) is 34.2 Å². The number of carbonyl (C=O) groups is 3. The van der Waals surface area contributed by atoms with E-state index in [0.717, 1.165) is 23.3 Å². The van der Waals surface area contributed by atoms with Gasteiger partial charge in [0.25, 0.3) is 5.91 Å². The number of nitrogens with zero attached hydrogens (tertiary/aromatic N) is 2. The summed E-state index contributed by atoms with van der Waals surface area (Å²) < 4.78 is 0. The minimum atomic E-state index is -0.718. The maximum absolute atomic E-state index is 13.0. The van der Waals surface area contributed by atoms with Crippen molar-refractivity contribution in [2.45, 2.75) is 39.2 Å². The molecule has 0 saturated carbocycles. The summed E-state index contributed by atoms with van der Waals surface area (Å²) in [7, 11) is 0. The van der Waals surface area contributed by atoms with Gasteiger partial charge in [0, 0.05) is 11.4 Å². The fourth-order valence-corrected chi connectivity index (χ4v) is 4.53. The Kier molecular flexibility index (Phi) is 6.17. The van der Waals surface area contributed by atoms with Crippen LogP contribution in [0.3, 0.4) is 0 Å². The van der Waals surface area contributed by atoms with Crippen molar-refractivity contribution in [3.63, 3.8) is 0 Å². The molecule has 9 heteroatoms. The fraction of sp³-hybridized carbons (Fsp3) is 0.400. The van der Waals surface area contributed by atoms with Crippen molar-refractivity contribution in [3.8, 4) is 0 Å². The Morgan fingerprint density at radius 2 is 2.07 bits per heavy atom. The second-order valence-corrected chi connectivity index (χ2v) is 8.41. The van der Waals surface area contributed by atoms with Gasteiger partial charge in [-0.3, -0.25) is 14.4 Å². The Balaban J connectivity index is 1.79. The zero-order valence-electron chi connectivity index (χ0n) is 16.5. The van der Waals surface area contributed by atoms with Crippen LogP contribution in [0.15, 0.2) is 24.4 Å². The van der Waals surface area contributed by atoms with Gasteiger partial charge in [0.2, 0.25) is 0 Å². The average molecular weight is 416 g/mol. The minimum absolute atomic E-state index is 0.252. The van der Waals surface area contributed by atoms with E-state index in [1.54, 1.807) is 23.1 Å². The number of aromatic nitrogens is 1. The molecule has 0 spiro atoms. The minimum Gasteiger partial charge on any atom is -0.383 e. The normalized spacial score (nSPS) is 19.0. The standard InChI is InChI=1S/C20H25N5O3S/c1-3-12-8-13(9-23-17(12)21)24-19(27)20(28)25-10-11(2)4-5-14(25)15-6-7-16(29-15)18(22)26/h6-9,11,14H,3-5,10H2,1-2H3,(H2,21,23)(H2,22,26)(H,24,27)/t11-,14+/m0/s1. The predicted molar refractivity (Wildman–Crippen MR) is 112 cm³/mol. The van der Waals surface area contributed by atoms with Crippen LogP contribution in [0.2, 0.25) is 0 Å². The van der Waals surface area contributed by atoms with E-state index in [1.165, 1.54) is 17.5 Å². The van der Waals surface area contributed by atoms with Crippen LogP contribution in [-0.2, 0) is 16.0 Å². The van der Waals surface area contributed by atoms with E-state index in [9.17, 15) is 14.4 Å². The molecule has 0 aromatic carbocycles. The zero-order valence-corrected chi connectivity index (χ0v) is 17.3. The van der Waals surface area contributed by atoms with Crippen LogP contribution >= 0.6 is 11.3 Å². The summed E-state index contributed by atoms with van der Waals surface area (Å²) in [4.78, 5) is 44.0. The van der Waals surface area contributed by atoms with E-state index in [2.05, 4.69) is 17.2 Å². The van der Waals surface area contributed by atoms with Crippen LogP contribution in [0.25, 0.3) is 0 Å². The van der Waals surface area contributed by atoms with Crippen molar-refractivity contribution in [1.82, 2.24) is 9.88 Å². The first-order valence-corrected chi connectivity index (χ1v) is 10.4. The number of anilines is 2. The zero-order chi connectivity index (χ0) is 21.1. The molecule has 0 aliphatic carbocycles. The Morgan fingerprint density at radius 1 is 1.31 bits per heavy atom. The first kappa shape index (κ1) is 20.8. The number of primary amides is 1. The average Bonchev–Trinajstić information content (AvgIpc) is 3.19. The first-order valence-electron chi connectivity index (χ1n) is 9.56. The van der Waals surface area contributed by atoms with Gasteiger partial charge >= 0.3 is 11.8 Å². The van der Waals surface area contributed by atoms with Crippen LogP contribution in [0.1, 0.15) is 52.8 Å². The Hall–Kier alpha value is -2.94. The summed E-state index contributed by atoms with van der Waals surface area (Å²) in [5.41, 5.74) is 12.4. The molecule has 2 atom stereocenters. The summed E-state index contributed by atoms with van der Waals surface area (Å²) in [5, 5.41) is 2.63. The van der Waals surface area contributed by atoms with Gasteiger partial charge in [-0.1, -0.05) is 13.8 Å². The molecule has 1 fully saturated rings. The van der Waals surface area contributed by atoms with Crippen molar-refractivity contribution >= 4 is 40.6 Å². The van der Waals surface area contributed by atoms with Crippen molar-refractivity contribution in [2.24, 2.45) is 11.7 Å². The van der Waals surface area contributed by atoms with E-state index in [1.807, 2.05) is 6.92 Å². The number of thiophene rings is 1. The quantitative estimate of drug-likeness (QED) is 0.660. The highest BCUT2D eigenvalue weighted by Gasteiger charge is 2.35. The summed E-state index contributed by atoms with van der Waals surface area (Å²) >= 11 is 1.27. The lowest BCUT2D eigenvalue weighted by atomic mass is 9.93. The number of pyridine rings is 1. The highest BCUT2D eigenvalue weighted by atomic mass is 32.1. The molecule has 1 aliphatic heterocycles. The monoisotopic (exact) mass is 415 g/mol. The molecular weight excluding hydrogens is 390 g/mol. The van der Waals surface area contributed by atoms with E-state index < -0.39 is 17.7 Å². The third-order valence-electron chi connectivity index (χ3n) is 5.11. The Morgan fingerprint density at radius 3 is 2.72 bits per heavy atom. The molecule has 1 aliphatic rings. The Labute approximate surface area is 173 Å². The van der Waals surface area contributed by atoms with Gasteiger partial charge in [0.05, 0.1) is 22.8 Å². The van der Waals surface area contributed by atoms with Crippen LogP contribution < -0.4 is 16.8 Å². The number of rotatable bonds is 4. The molecule has 0 unspecified atom stereocenters. The van der Waals surface area contributed by atoms with Crippen molar-refractivity contribution in [1.29, 1.82) is 0 Å². The van der Waals surface area contributed by atoms with Gasteiger partial charge in [-0.15, -0.1) is 11.3 Å². The van der Waals surface area contributed by atoms with Crippen molar-refractivity contribution in [2.75, 3.05) is 17.6 Å². The molecule has 3 heterocycles. The second kappa shape index (κ2) is 8.60. The lowest BCUT2D eigenvalue weighted by molar-refractivity contribution is -0.146. The topological polar surface area (TPSA) is 131 Å². The largest absolute Gasteiger partial charge is 0.383 e. The molecule has 0 radical (unpaired) electrons. The van der Waals surface area contributed by atoms with Gasteiger partial charge in [-0.05, 0) is 48.9 Å². The summed E-state index contributed by atoms with van der Waals surface area (Å²) in [6.45, 7) is 4.46. The first-order chi connectivity index (χ1) is 13.8. The number of amides is 3. The second-order valence-electron chi connectivity index (χ2n) is 7.30. The van der Waals surface area contributed by atoms with Crippen LogP contribution in [0.4, 0.5) is 11.5 Å². The maximum atomic E-state index is 13.0. The Bertz CT molecular complexity index is 942. The van der Waals surface area contributed by atoms with E-state index in [4.69, 9.17) is 11.5 Å². The third kappa shape index (κ3) is 4.56. The van der Waals surface area contributed by atoms with Gasteiger partial charge in [-0.25, -0.2) is 4.98 Å². The van der Waals surface area contributed by atoms with Gasteiger partial charge < -0.3 is 21.7 Å². The number of aryl methyl sites for hydroxylation is 1. The fourth-order valence-electron chi connectivity index (χ4n) is 3.52. The van der Waals surface area contributed by atoms with E-state index in [0.29, 0.717) is 29.3 Å². The summed E-state index contributed by atoms with van der Waals surface area (Å²) in [5.74, 6) is -1.13. The lowest BCUT2D eigenvalue weighted by Crippen LogP contribution is -2.46. The van der Waals surface area contributed by atoms with Gasteiger partial charge in [0.15, 0.2) is 0 Å². The molecule has 29 heavy (non-hydrogen) atoms. The molecule has 0 bridgehead atoms. The highest BCUT2D eigenvalue weighted by molar-refractivity contribution is 7.14. The number of nitrogens with two attached hydrogens (primary N) is 2. The van der Waals surface area contributed by atoms with Crippen molar-refractivity contribution < 1.29 is 14.4 Å². The number of piperidine rings is 1. The maximum Gasteiger partial charge on any atom is 0.313 e. The molecule has 8 nitrogen and oxygen atoms in total. The number of hydrogen-bond donors (Lipinski definition) is 3. The lowest BCUT2D eigenvalue weighted by Gasteiger charge is -2.37. The van der Waals surface area contributed by atoms with Crippen molar-refractivity contribution in [3.05, 3.63) is 39.7 Å². The van der Waals surface area contributed by atoms with Gasteiger partial charge in [-0.2, -0.15) is 0 Å². The van der Waals surface area contributed by atoms with E-state index in [-0.39, 0.29) is 12.0 Å².